The third-order valence-electron chi connectivity index (χ3n) is 15.6. The predicted octanol–water partition coefficient (Wildman–Crippen LogP) is 12.1. The Bertz CT molecular complexity index is 3800. The molecule has 3 aliphatic rings. The molecule has 3 unspecified atom stereocenters. The van der Waals surface area contributed by atoms with Crippen LogP contribution in [0.4, 0.5) is 16.0 Å². The molecule has 81 heavy (non-hydrogen) atoms. The maximum Gasteiger partial charge on any atom is 0.226 e. The summed E-state index contributed by atoms with van der Waals surface area (Å²) in [6, 6.07) is 37.6. The minimum absolute atomic E-state index is 0.0241. The van der Waals surface area contributed by atoms with Crippen LogP contribution in [0.1, 0.15) is 125 Å². The molecule has 3 aromatic heterocycles. The van der Waals surface area contributed by atoms with Crippen molar-refractivity contribution in [3.05, 3.63) is 213 Å². The SMILES string of the molecule is CCc1ccc(-n2ncc3c2CC(=O)CC3c2ccc(CC)c(O)c2)cc1.CCc1ccccc1-n1ncc2c1NC(=O)CC2c1ccc(O)c(C)c1.COc1cc(C2CC(=O)Nc3c2cnn3-c2cccc(F)c2)cc(OC)c1C. The number of carbonyl (C=O) groups is 3. The van der Waals surface area contributed by atoms with Crippen molar-refractivity contribution >= 4 is 29.2 Å². The van der Waals surface area contributed by atoms with E-state index in [1.165, 1.54) is 23.3 Å². The van der Waals surface area contributed by atoms with Gasteiger partial charge in [0.25, 0.3) is 0 Å². The molecule has 0 radical (unpaired) electrons. The van der Waals surface area contributed by atoms with Gasteiger partial charge in [-0.05, 0) is 133 Å². The Balaban J connectivity index is 0.000000136. The summed E-state index contributed by atoms with van der Waals surface area (Å²) in [6.07, 6.45) is 9.61. The fourth-order valence-electron chi connectivity index (χ4n) is 11.2. The molecule has 0 saturated carbocycles. The molecule has 3 atom stereocenters. The second kappa shape index (κ2) is 23.6. The number of Topliss-reactive ketones (excluding diaryl/α,β-unsaturated/α-hetero) is 1. The molecular formula is C65H65FN8O7. The van der Waals surface area contributed by atoms with Gasteiger partial charge in [0.15, 0.2) is 0 Å². The molecule has 0 fully saturated rings. The second-order valence-corrected chi connectivity index (χ2v) is 20.6. The molecule has 16 heteroatoms. The zero-order valence-corrected chi connectivity index (χ0v) is 46.5. The van der Waals surface area contributed by atoms with Gasteiger partial charge < -0.3 is 30.3 Å². The lowest BCUT2D eigenvalue weighted by atomic mass is 9.81. The van der Waals surface area contributed by atoms with E-state index in [2.05, 4.69) is 70.1 Å². The monoisotopic (exact) mass is 1090 g/mol. The highest BCUT2D eigenvalue weighted by Gasteiger charge is 2.34. The van der Waals surface area contributed by atoms with Crippen molar-refractivity contribution in [3.63, 3.8) is 0 Å². The summed E-state index contributed by atoms with van der Waals surface area (Å²) in [7, 11) is 3.21. The van der Waals surface area contributed by atoms with Crippen LogP contribution in [0.15, 0.2) is 140 Å². The molecule has 2 amide bonds. The van der Waals surface area contributed by atoms with E-state index in [0.29, 0.717) is 48.0 Å². The Hall–Kier alpha value is -9.31. The number of methoxy groups -OCH3 is 2. The smallest absolute Gasteiger partial charge is 0.226 e. The van der Waals surface area contributed by atoms with Crippen LogP contribution >= 0.6 is 0 Å². The number of nitrogens with zero attached hydrogens (tertiary/aromatic N) is 6. The Kier molecular flexibility index (Phi) is 16.0. The largest absolute Gasteiger partial charge is 0.508 e. The van der Waals surface area contributed by atoms with E-state index in [9.17, 15) is 29.0 Å². The molecule has 0 saturated heterocycles. The summed E-state index contributed by atoms with van der Waals surface area (Å²) in [4.78, 5) is 37.3. The van der Waals surface area contributed by atoms with E-state index in [1.807, 2.05) is 97.1 Å². The maximum absolute atomic E-state index is 13.7. The van der Waals surface area contributed by atoms with Gasteiger partial charge in [-0.3, -0.25) is 14.4 Å². The highest BCUT2D eigenvalue weighted by atomic mass is 19.1. The summed E-state index contributed by atoms with van der Waals surface area (Å²) in [5, 5.41) is 39.5. The van der Waals surface area contributed by atoms with Gasteiger partial charge in [-0.1, -0.05) is 81.4 Å². The number of ketones is 1. The van der Waals surface area contributed by atoms with Crippen LogP contribution in [0.2, 0.25) is 0 Å². The zero-order valence-electron chi connectivity index (χ0n) is 46.5. The third kappa shape index (κ3) is 11.2. The number of fused-ring (bicyclic) bond motifs is 3. The number of nitrogens with one attached hydrogen (secondary N) is 2. The Morgan fingerprint density at radius 2 is 1.16 bits per heavy atom. The number of rotatable bonds is 11. The number of amides is 2. The molecule has 9 aromatic rings. The number of halogens is 1. The average molecular weight is 1090 g/mol. The second-order valence-electron chi connectivity index (χ2n) is 20.6. The lowest BCUT2D eigenvalue weighted by Crippen LogP contribution is -2.24. The van der Waals surface area contributed by atoms with E-state index in [4.69, 9.17) is 9.47 Å². The normalized spacial score (nSPS) is 16.1. The van der Waals surface area contributed by atoms with Crippen molar-refractivity contribution in [2.75, 3.05) is 24.9 Å². The number of benzene rings is 6. The number of ether oxygens (including phenoxy) is 2. The van der Waals surface area contributed by atoms with Crippen LogP contribution < -0.4 is 20.1 Å². The summed E-state index contributed by atoms with van der Waals surface area (Å²) in [5.74, 6) is 2.59. The zero-order chi connectivity index (χ0) is 57.1. The first-order valence-corrected chi connectivity index (χ1v) is 27.3. The van der Waals surface area contributed by atoms with Gasteiger partial charge in [0.1, 0.15) is 46.2 Å². The first-order valence-electron chi connectivity index (χ1n) is 27.3. The average Bonchev–Trinajstić information content (AvgIpc) is 4.40. The van der Waals surface area contributed by atoms with Crippen molar-refractivity contribution in [2.24, 2.45) is 0 Å². The van der Waals surface area contributed by atoms with Crippen molar-refractivity contribution in [1.82, 2.24) is 29.3 Å². The number of phenolic OH excluding ortho intramolecular Hbond substituents is 2. The van der Waals surface area contributed by atoms with Gasteiger partial charge in [-0.25, -0.2) is 18.4 Å². The molecule has 15 nitrogen and oxygen atoms in total. The summed E-state index contributed by atoms with van der Waals surface area (Å²) in [6.45, 7) is 10.0. The van der Waals surface area contributed by atoms with E-state index < -0.39 is 0 Å². The fraction of sp³-hybridized carbons (Fsp3) is 0.262. The highest BCUT2D eigenvalue weighted by Crippen LogP contribution is 2.43. The Morgan fingerprint density at radius 3 is 1.79 bits per heavy atom. The van der Waals surface area contributed by atoms with E-state index in [1.54, 1.807) is 49.4 Å². The summed E-state index contributed by atoms with van der Waals surface area (Å²) >= 11 is 0. The minimum atomic E-state index is -0.367. The summed E-state index contributed by atoms with van der Waals surface area (Å²) < 4.78 is 29.9. The first kappa shape index (κ1) is 55.0. The molecular weight excluding hydrogens is 1020 g/mol. The third-order valence-corrected chi connectivity index (χ3v) is 15.6. The van der Waals surface area contributed by atoms with Crippen LogP contribution in [-0.2, 0) is 40.1 Å². The molecule has 12 rings (SSSR count). The number of aromatic nitrogens is 6. The first-order chi connectivity index (χ1) is 39.2. The van der Waals surface area contributed by atoms with Crippen LogP contribution in [0.3, 0.4) is 0 Å². The predicted molar refractivity (Wildman–Crippen MR) is 309 cm³/mol. The van der Waals surface area contributed by atoms with Crippen molar-refractivity contribution < 1.29 is 38.5 Å². The maximum atomic E-state index is 13.7. The molecule has 2 aliphatic heterocycles. The molecule has 5 heterocycles. The highest BCUT2D eigenvalue weighted by molar-refractivity contribution is 5.95. The van der Waals surface area contributed by atoms with Crippen LogP contribution in [-0.4, -0.2) is 71.4 Å². The van der Waals surface area contributed by atoms with Crippen LogP contribution in [0, 0.1) is 19.7 Å². The van der Waals surface area contributed by atoms with Gasteiger partial charge >= 0.3 is 0 Å². The number of anilines is 2. The van der Waals surface area contributed by atoms with E-state index in [0.717, 1.165) is 92.2 Å². The fourth-order valence-corrected chi connectivity index (χ4v) is 11.2. The topological polar surface area (TPSA) is 188 Å². The lowest BCUT2D eigenvalue weighted by Gasteiger charge is -2.25. The summed E-state index contributed by atoms with van der Waals surface area (Å²) in [5.41, 5.74) is 14.4. The Morgan fingerprint density at radius 1 is 0.568 bits per heavy atom. The number of aromatic hydroxyl groups is 2. The number of para-hydroxylation sites is 1. The lowest BCUT2D eigenvalue weighted by molar-refractivity contribution is -0.119. The minimum Gasteiger partial charge on any atom is -0.508 e. The molecule has 4 N–H and O–H groups in total. The Labute approximate surface area is 470 Å². The van der Waals surface area contributed by atoms with E-state index >= 15 is 0 Å². The van der Waals surface area contributed by atoms with E-state index in [-0.39, 0.29) is 53.3 Å². The van der Waals surface area contributed by atoms with Crippen LogP contribution in [0.5, 0.6) is 23.0 Å². The molecule has 6 aromatic carbocycles. The van der Waals surface area contributed by atoms with Gasteiger partial charge in [0, 0.05) is 65.7 Å². The van der Waals surface area contributed by atoms with Crippen molar-refractivity contribution in [1.29, 1.82) is 0 Å². The molecule has 0 spiro atoms. The van der Waals surface area contributed by atoms with Crippen molar-refractivity contribution in [3.8, 4) is 40.1 Å². The molecule has 414 valence electrons. The van der Waals surface area contributed by atoms with Gasteiger partial charge in [-0.2, -0.15) is 15.3 Å². The number of hydrogen-bond acceptors (Lipinski definition) is 10. The van der Waals surface area contributed by atoms with Gasteiger partial charge in [-0.15, -0.1) is 0 Å². The molecule has 0 bridgehead atoms. The number of aryl methyl sites for hydroxylation is 4. The number of carbonyl (C=O) groups excluding carboxylic acids is 3. The number of hydrogen-bond donors (Lipinski definition) is 4. The van der Waals surface area contributed by atoms with Gasteiger partial charge in [0.2, 0.25) is 11.8 Å². The van der Waals surface area contributed by atoms with Crippen LogP contribution in [0.25, 0.3) is 17.1 Å². The quantitative estimate of drug-likeness (QED) is 0.0970. The number of phenols is 2. The van der Waals surface area contributed by atoms with Gasteiger partial charge in [0.05, 0.1) is 55.6 Å². The standard InChI is InChI=1S/C23H24N2O2.C21H20FN3O3.C21H21N3O2/c1-3-15-5-9-18(10-6-15)25-22-13-19(26)12-20(21(22)14-24-25)17-8-7-16(4-2)23(27)11-17;1-12-18(27-2)7-13(8-19(12)28-3)16-10-20(26)24-21-17(16)11-23-25(21)15-6-4-5-14(22)9-15;1-3-14-6-4-5-7-18(14)24-21-17(12-22-24)16(11-20(26)23-21)15-8-9-19(25)13(2)10-15/h5-11,14,20,27H,3-4,12-13H2,1-2H3;4-9,11,16H,10H2,1-3H3,(H,24,26);4-10,12,16,25H,3,11H2,1-2H3,(H,23,26). The van der Waals surface area contributed by atoms with Crippen molar-refractivity contribution in [2.45, 2.75) is 97.3 Å². The molecule has 1 aliphatic carbocycles.